The van der Waals surface area contributed by atoms with E-state index in [-0.39, 0.29) is 0 Å². The van der Waals surface area contributed by atoms with Gasteiger partial charge in [0.15, 0.2) is 0 Å². The summed E-state index contributed by atoms with van der Waals surface area (Å²) in [5.74, 6) is 1.35. The number of halogens is 1. The lowest BCUT2D eigenvalue weighted by Gasteiger charge is -2.33. The molecule has 5 heteroatoms. The Bertz CT molecular complexity index is 905. The van der Waals surface area contributed by atoms with Crippen molar-refractivity contribution in [3.05, 3.63) is 64.6 Å². The molecule has 4 rings (SSSR count). The third kappa shape index (κ3) is 4.25. The first-order valence-electron chi connectivity index (χ1n) is 9.47. The molecular formula is C22H24BrN3O. The van der Waals surface area contributed by atoms with Crippen molar-refractivity contribution in [1.29, 1.82) is 0 Å². The van der Waals surface area contributed by atoms with Gasteiger partial charge < -0.3 is 15.3 Å². The fourth-order valence-electron chi connectivity index (χ4n) is 3.60. The number of hydrogen-bond acceptors (Lipinski definition) is 4. The van der Waals surface area contributed by atoms with Gasteiger partial charge in [-0.1, -0.05) is 24.3 Å². The minimum Gasteiger partial charge on any atom is -0.396 e. The lowest BCUT2D eigenvalue weighted by Crippen LogP contribution is -2.34. The van der Waals surface area contributed by atoms with Crippen molar-refractivity contribution >= 4 is 38.3 Å². The zero-order valence-electron chi connectivity index (χ0n) is 15.2. The lowest BCUT2D eigenvalue weighted by atomic mass is 9.97. The molecule has 140 valence electrons. The van der Waals surface area contributed by atoms with Crippen LogP contribution in [0.5, 0.6) is 0 Å². The summed E-state index contributed by atoms with van der Waals surface area (Å²) in [6.45, 7) is 3.12. The summed E-state index contributed by atoms with van der Waals surface area (Å²) in [5, 5.41) is 13.8. The average molecular weight is 426 g/mol. The van der Waals surface area contributed by atoms with Crippen LogP contribution in [0.1, 0.15) is 18.4 Å². The Hall–Kier alpha value is -2.11. The first-order chi connectivity index (χ1) is 13.2. The highest BCUT2D eigenvalue weighted by atomic mass is 79.9. The van der Waals surface area contributed by atoms with E-state index in [1.807, 2.05) is 18.2 Å². The van der Waals surface area contributed by atoms with E-state index in [0.29, 0.717) is 12.5 Å². The van der Waals surface area contributed by atoms with E-state index >= 15 is 0 Å². The van der Waals surface area contributed by atoms with Crippen LogP contribution in [0.3, 0.4) is 0 Å². The summed E-state index contributed by atoms with van der Waals surface area (Å²) in [7, 11) is 0. The van der Waals surface area contributed by atoms with Gasteiger partial charge in [-0.05, 0) is 70.6 Å². The zero-order valence-corrected chi connectivity index (χ0v) is 16.8. The number of nitrogens with zero attached hydrogens (tertiary/aromatic N) is 2. The molecule has 0 saturated carbocycles. The van der Waals surface area contributed by atoms with E-state index in [4.69, 9.17) is 4.98 Å². The van der Waals surface area contributed by atoms with E-state index in [1.165, 1.54) is 11.3 Å². The number of benzene rings is 2. The van der Waals surface area contributed by atoms with Crippen LogP contribution in [0.25, 0.3) is 10.9 Å². The van der Waals surface area contributed by atoms with Crippen LogP contribution in [0.2, 0.25) is 0 Å². The van der Waals surface area contributed by atoms with Gasteiger partial charge in [-0.25, -0.2) is 4.98 Å². The second kappa shape index (κ2) is 8.28. The Morgan fingerprint density at radius 1 is 1.04 bits per heavy atom. The minimum atomic E-state index is 0.317. The quantitative estimate of drug-likeness (QED) is 0.615. The van der Waals surface area contributed by atoms with E-state index in [2.05, 4.69) is 62.5 Å². The Kier molecular flexibility index (Phi) is 5.60. The van der Waals surface area contributed by atoms with E-state index in [1.54, 1.807) is 0 Å². The molecule has 0 aliphatic carbocycles. The van der Waals surface area contributed by atoms with Crippen LogP contribution in [0.4, 0.5) is 11.5 Å². The Balaban J connectivity index is 1.38. The molecule has 1 aromatic heterocycles. The average Bonchev–Trinajstić information content (AvgIpc) is 2.73. The summed E-state index contributed by atoms with van der Waals surface area (Å²) in [6.07, 6.45) is 2.14. The van der Waals surface area contributed by atoms with Crippen LogP contribution in [0.15, 0.2) is 59.1 Å². The van der Waals surface area contributed by atoms with Gasteiger partial charge in [0.1, 0.15) is 5.82 Å². The number of pyridine rings is 1. The van der Waals surface area contributed by atoms with Gasteiger partial charge >= 0.3 is 0 Å². The van der Waals surface area contributed by atoms with Crippen LogP contribution < -0.4 is 10.2 Å². The Morgan fingerprint density at radius 2 is 1.81 bits per heavy atom. The fourth-order valence-corrected chi connectivity index (χ4v) is 4.07. The number of aliphatic hydroxyl groups is 1. The third-order valence-electron chi connectivity index (χ3n) is 5.32. The van der Waals surface area contributed by atoms with Crippen molar-refractivity contribution in [3.63, 3.8) is 0 Å². The summed E-state index contributed by atoms with van der Waals surface area (Å²) in [5.41, 5.74) is 3.48. The Labute approximate surface area is 168 Å². The molecule has 1 saturated heterocycles. The van der Waals surface area contributed by atoms with Crippen LogP contribution in [-0.4, -0.2) is 29.8 Å². The van der Waals surface area contributed by atoms with Gasteiger partial charge in [-0.15, -0.1) is 0 Å². The second-order valence-corrected chi connectivity index (χ2v) is 8.00. The first kappa shape index (κ1) is 18.3. The number of fused-ring (bicyclic) bond motifs is 1. The number of anilines is 2. The standard InChI is InChI=1S/C22H24BrN3O/c23-20-3-1-2-18-6-9-21(25-22(18)20)24-14-16-4-7-19(8-5-16)26-12-10-17(15-27)11-13-26/h1-9,17,27H,10-15H2,(H,24,25). The molecular weight excluding hydrogens is 402 g/mol. The molecule has 1 fully saturated rings. The monoisotopic (exact) mass is 425 g/mol. The van der Waals surface area contributed by atoms with E-state index in [9.17, 15) is 5.11 Å². The maximum absolute atomic E-state index is 9.28. The van der Waals surface area contributed by atoms with Gasteiger partial charge in [-0.2, -0.15) is 0 Å². The van der Waals surface area contributed by atoms with Crippen LogP contribution >= 0.6 is 15.9 Å². The molecule has 0 radical (unpaired) electrons. The smallest absolute Gasteiger partial charge is 0.126 e. The van der Waals surface area contributed by atoms with Gasteiger partial charge in [0.05, 0.1) is 5.52 Å². The van der Waals surface area contributed by atoms with Gasteiger partial charge in [0.2, 0.25) is 0 Å². The van der Waals surface area contributed by atoms with Gasteiger partial charge in [0.25, 0.3) is 0 Å². The maximum atomic E-state index is 9.28. The molecule has 0 amide bonds. The van der Waals surface area contributed by atoms with Crippen molar-refractivity contribution in [2.45, 2.75) is 19.4 Å². The second-order valence-electron chi connectivity index (χ2n) is 7.14. The molecule has 1 aliphatic rings. The molecule has 0 spiro atoms. The third-order valence-corrected chi connectivity index (χ3v) is 5.96. The molecule has 0 atom stereocenters. The molecule has 3 aromatic rings. The predicted octanol–water partition coefficient (Wildman–Crippen LogP) is 4.82. The number of nitrogens with one attached hydrogen (secondary N) is 1. The molecule has 1 aliphatic heterocycles. The highest BCUT2D eigenvalue weighted by Gasteiger charge is 2.18. The van der Waals surface area contributed by atoms with Crippen molar-refractivity contribution in [2.75, 3.05) is 29.9 Å². The maximum Gasteiger partial charge on any atom is 0.126 e. The number of aromatic nitrogens is 1. The normalized spacial score (nSPS) is 15.3. The number of aliphatic hydroxyl groups excluding tert-OH is 1. The molecule has 0 unspecified atom stereocenters. The van der Waals surface area contributed by atoms with Crippen molar-refractivity contribution in [1.82, 2.24) is 4.98 Å². The number of piperidine rings is 1. The van der Waals surface area contributed by atoms with E-state index in [0.717, 1.165) is 53.7 Å². The SMILES string of the molecule is OCC1CCN(c2ccc(CNc3ccc4cccc(Br)c4n3)cc2)CC1. The van der Waals surface area contributed by atoms with Crippen molar-refractivity contribution in [3.8, 4) is 0 Å². The molecule has 0 bridgehead atoms. The zero-order chi connectivity index (χ0) is 18.6. The fraction of sp³-hybridized carbons (Fsp3) is 0.318. The molecule has 2 heterocycles. The molecule has 2 N–H and O–H groups in total. The Morgan fingerprint density at radius 3 is 2.56 bits per heavy atom. The first-order valence-corrected chi connectivity index (χ1v) is 10.3. The highest BCUT2D eigenvalue weighted by molar-refractivity contribution is 9.10. The number of rotatable bonds is 5. The largest absolute Gasteiger partial charge is 0.396 e. The van der Waals surface area contributed by atoms with Crippen LogP contribution in [0, 0.1) is 5.92 Å². The predicted molar refractivity (Wildman–Crippen MR) is 115 cm³/mol. The van der Waals surface area contributed by atoms with Crippen molar-refractivity contribution in [2.24, 2.45) is 5.92 Å². The molecule has 2 aromatic carbocycles. The highest BCUT2D eigenvalue weighted by Crippen LogP contribution is 2.25. The van der Waals surface area contributed by atoms with Gasteiger partial charge in [-0.3, -0.25) is 0 Å². The lowest BCUT2D eigenvalue weighted by molar-refractivity contribution is 0.203. The topological polar surface area (TPSA) is 48.4 Å². The van der Waals surface area contributed by atoms with Gasteiger partial charge in [0, 0.05) is 41.8 Å². The summed E-state index contributed by atoms with van der Waals surface area (Å²) in [6, 6.07) is 19.0. The summed E-state index contributed by atoms with van der Waals surface area (Å²) in [4.78, 5) is 7.12. The molecule has 4 nitrogen and oxygen atoms in total. The van der Waals surface area contributed by atoms with E-state index < -0.39 is 0 Å². The van der Waals surface area contributed by atoms with Crippen LogP contribution in [-0.2, 0) is 6.54 Å². The number of para-hydroxylation sites is 1. The number of hydrogen-bond donors (Lipinski definition) is 2. The van der Waals surface area contributed by atoms with Crippen molar-refractivity contribution < 1.29 is 5.11 Å². The summed E-state index contributed by atoms with van der Waals surface area (Å²) >= 11 is 3.57. The summed E-state index contributed by atoms with van der Waals surface area (Å²) < 4.78 is 1.01. The minimum absolute atomic E-state index is 0.317. The molecule has 27 heavy (non-hydrogen) atoms.